The molecule has 0 radical (unpaired) electrons. The van der Waals surface area contributed by atoms with Crippen molar-refractivity contribution in [2.45, 2.75) is 44.1 Å². The molecule has 0 aliphatic heterocycles. The van der Waals surface area contributed by atoms with Crippen LogP contribution >= 0.6 is 0 Å². The van der Waals surface area contributed by atoms with E-state index in [1.165, 1.54) is 38.1 Å². The Kier molecular flexibility index (Phi) is 4.11. The van der Waals surface area contributed by atoms with Gasteiger partial charge in [-0.05, 0) is 12.8 Å². The molecule has 0 aromatic carbocycles. The third-order valence-electron chi connectivity index (χ3n) is 3.35. The molecule has 2 N–H and O–H groups in total. The van der Waals surface area contributed by atoms with Crippen LogP contribution in [0.5, 0.6) is 5.88 Å². The van der Waals surface area contributed by atoms with E-state index in [1.54, 1.807) is 0 Å². The summed E-state index contributed by atoms with van der Waals surface area (Å²) >= 11 is 0. The standard InChI is InChI=1S/C13H18N4O/c14-7-11-8-17-12(9-16-11)18-10-13(15)5-3-1-2-4-6-13/h8-9H,1-6,10,15H2. The molecule has 0 spiro atoms. The van der Waals surface area contributed by atoms with Gasteiger partial charge >= 0.3 is 0 Å². The van der Waals surface area contributed by atoms with E-state index in [0.717, 1.165) is 12.8 Å². The highest BCUT2D eigenvalue weighted by atomic mass is 16.5. The van der Waals surface area contributed by atoms with Crippen LogP contribution < -0.4 is 10.5 Å². The minimum absolute atomic E-state index is 0.244. The van der Waals surface area contributed by atoms with Gasteiger partial charge in [0.05, 0.1) is 17.9 Å². The van der Waals surface area contributed by atoms with Gasteiger partial charge in [-0.1, -0.05) is 25.7 Å². The predicted molar refractivity (Wildman–Crippen MR) is 66.9 cm³/mol. The van der Waals surface area contributed by atoms with Crippen molar-refractivity contribution in [3.05, 3.63) is 18.1 Å². The molecular formula is C13H18N4O. The van der Waals surface area contributed by atoms with Crippen LogP contribution in [0.4, 0.5) is 0 Å². The Bertz CT molecular complexity index is 416. The first-order chi connectivity index (χ1) is 8.72. The molecule has 1 aromatic heterocycles. The zero-order valence-electron chi connectivity index (χ0n) is 10.4. The maximum atomic E-state index is 8.62. The van der Waals surface area contributed by atoms with Crippen LogP contribution in [0.15, 0.2) is 12.4 Å². The summed E-state index contributed by atoms with van der Waals surface area (Å²) in [5.74, 6) is 0.433. The van der Waals surface area contributed by atoms with Crippen LogP contribution in [0, 0.1) is 11.3 Å². The second kappa shape index (κ2) is 5.78. The number of nitriles is 1. The van der Waals surface area contributed by atoms with Crippen molar-refractivity contribution in [2.75, 3.05) is 6.61 Å². The SMILES string of the molecule is N#Cc1cnc(OCC2(N)CCCCCC2)cn1. The Labute approximate surface area is 107 Å². The molecule has 2 rings (SSSR count). The minimum Gasteiger partial charge on any atom is -0.475 e. The fourth-order valence-corrected chi connectivity index (χ4v) is 2.24. The average Bonchev–Trinajstić information content (AvgIpc) is 2.62. The van der Waals surface area contributed by atoms with Crippen LogP contribution in [0.1, 0.15) is 44.2 Å². The molecule has 0 saturated heterocycles. The molecule has 0 bridgehead atoms. The van der Waals surface area contributed by atoms with E-state index in [1.807, 2.05) is 6.07 Å². The van der Waals surface area contributed by atoms with Crippen molar-refractivity contribution in [1.82, 2.24) is 9.97 Å². The predicted octanol–water partition coefficient (Wildman–Crippen LogP) is 1.78. The van der Waals surface area contributed by atoms with E-state index >= 15 is 0 Å². The summed E-state index contributed by atoms with van der Waals surface area (Å²) < 4.78 is 5.60. The third-order valence-corrected chi connectivity index (χ3v) is 3.35. The van der Waals surface area contributed by atoms with Crippen LogP contribution in [0.2, 0.25) is 0 Å². The van der Waals surface area contributed by atoms with Crippen molar-refractivity contribution >= 4 is 0 Å². The van der Waals surface area contributed by atoms with Gasteiger partial charge in [-0.3, -0.25) is 0 Å². The maximum Gasteiger partial charge on any atom is 0.232 e. The number of aromatic nitrogens is 2. The molecule has 5 nitrogen and oxygen atoms in total. The van der Waals surface area contributed by atoms with Crippen LogP contribution in [-0.2, 0) is 0 Å². The Morgan fingerprint density at radius 1 is 1.22 bits per heavy atom. The molecule has 1 saturated carbocycles. The van der Waals surface area contributed by atoms with E-state index in [2.05, 4.69) is 9.97 Å². The third kappa shape index (κ3) is 3.41. The van der Waals surface area contributed by atoms with Crippen LogP contribution in [0.25, 0.3) is 0 Å². The molecular weight excluding hydrogens is 228 g/mol. The number of hydrogen-bond donors (Lipinski definition) is 1. The smallest absolute Gasteiger partial charge is 0.232 e. The molecule has 0 unspecified atom stereocenters. The molecule has 0 amide bonds. The number of ether oxygens (including phenoxy) is 1. The summed E-state index contributed by atoms with van der Waals surface area (Å²) in [6.45, 7) is 0.466. The number of hydrogen-bond acceptors (Lipinski definition) is 5. The molecule has 1 aromatic rings. The second-order valence-electron chi connectivity index (χ2n) is 4.92. The van der Waals surface area contributed by atoms with Crippen molar-refractivity contribution in [3.63, 3.8) is 0 Å². The van der Waals surface area contributed by atoms with Gasteiger partial charge in [0.1, 0.15) is 12.7 Å². The lowest BCUT2D eigenvalue weighted by Crippen LogP contribution is -2.45. The van der Waals surface area contributed by atoms with Gasteiger partial charge in [0.25, 0.3) is 0 Å². The molecule has 1 aliphatic rings. The Morgan fingerprint density at radius 2 is 1.94 bits per heavy atom. The van der Waals surface area contributed by atoms with E-state index < -0.39 is 0 Å². The summed E-state index contributed by atoms with van der Waals surface area (Å²) in [4.78, 5) is 7.94. The average molecular weight is 246 g/mol. The fraction of sp³-hybridized carbons (Fsp3) is 0.615. The van der Waals surface area contributed by atoms with Gasteiger partial charge in [0, 0.05) is 0 Å². The number of nitrogens with two attached hydrogens (primary N) is 1. The van der Waals surface area contributed by atoms with Gasteiger partial charge in [-0.15, -0.1) is 0 Å². The monoisotopic (exact) mass is 246 g/mol. The van der Waals surface area contributed by atoms with Gasteiger partial charge in [0.2, 0.25) is 5.88 Å². The van der Waals surface area contributed by atoms with Crippen molar-refractivity contribution in [2.24, 2.45) is 5.73 Å². The first-order valence-electron chi connectivity index (χ1n) is 6.36. The summed E-state index contributed by atoms with van der Waals surface area (Å²) in [5.41, 5.74) is 6.38. The van der Waals surface area contributed by atoms with Gasteiger partial charge in [0.15, 0.2) is 5.69 Å². The molecule has 1 fully saturated rings. The van der Waals surface area contributed by atoms with E-state index in [4.69, 9.17) is 15.7 Å². The van der Waals surface area contributed by atoms with E-state index in [0.29, 0.717) is 18.2 Å². The quantitative estimate of drug-likeness (QED) is 0.822. The number of nitrogens with zero attached hydrogens (tertiary/aromatic N) is 3. The minimum atomic E-state index is -0.244. The summed E-state index contributed by atoms with van der Waals surface area (Å²) in [6.07, 6.45) is 9.72. The Balaban J connectivity index is 1.91. The molecule has 18 heavy (non-hydrogen) atoms. The molecule has 1 heterocycles. The fourth-order valence-electron chi connectivity index (χ4n) is 2.24. The zero-order valence-corrected chi connectivity index (χ0v) is 10.4. The van der Waals surface area contributed by atoms with Crippen molar-refractivity contribution < 1.29 is 4.74 Å². The Hall–Kier alpha value is -1.67. The van der Waals surface area contributed by atoms with Crippen molar-refractivity contribution in [3.8, 4) is 11.9 Å². The normalized spacial score (nSPS) is 18.7. The summed E-state index contributed by atoms with van der Waals surface area (Å²) in [7, 11) is 0. The highest BCUT2D eigenvalue weighted by Gasteiger charge is 2.27. The lowest BCUT2D eigenvalue weighted by Gasteiger charge is -2.27. The topological polar surface area (TPSA) is 84.8 Å². The van der Waals surface area contributed by atoms with Gasteiger partial charge < -0.3 is 10.5 Å². The van der Waals surface area contributed by atoms with Gasteiger partial charge in [-0.25, -0.2) is 9.97 Å². The van der Waals surface area contributed by atoms with E-state index in [-0.39, 0.29) is 5.54 Å². The lowest BCUT2D eigenvalue weighted by atomic mass is 9.93. The van der Waals surface area contributed by atoms with Gasteiger partial charge in [-0.2, -0.15) is 5.26 Å². The Morgan fingerprint density at radius 3 is 2.50 bits per heavy atom. The summed E-state index contributed by atoms with van der Waals surface area (Å²) in [5, 5.41) is 8.62. The highest BCUT2D eigenvalue weighted by molar-refractivity contribution is 5.18. The number of rotatable bonds is 3. The van der Waals surface area contributed by atoms with Crippen LogP contribution in [-0.4, -0.2) is 22.1 Å². The lowest BCUT2D eigenvalue weighted by molar-refractivity contribution is 0.193. The summed E-state index contributed by atoms with van der Waals surface area (Å²) in [6, 6.07) is 1.92. The molecule has 5 heteroatoms. The second-order valence-corrected chi connectivity index (χ2v) is 4.92. The largest absolute Gasteiger partial charge is 0.475 e. The molecule has 1 aliphatic carbocycles. The van der Waals surface area contributed by atoms with Crippen molar-refractivity contribution in [1.29, 1.82) is 5.26 Å². The molecule has 96 valence electrons. The molecule has 0 atom stereocenters. The first kappa shape index (κ1) is 12.8. The zero-order chi connectivity index (χ0) is 12.8. The first-order valence-corrected chi connectivity index (χ1v) is 6.36. The maximum absolute atomic E-state index is 8.62. The van der Waals surface area contributed by atoms with E-state index in [9.17, 15) is 0 Å². The highest BCUT2D eigenvalue weighted by Crippen LogP contribution is 2.25. The van der Waals surface area contributed by atoms with Crippen LogP contribution in [0.3, 0.4) is 0 Å².